The van der Waals surface area contributed by atoms with Crippen molar-refractivity contribution in [1.82, 2.24) is 25.3 Å². The highest BCUT2D eigenvalue weighted by Crippen LogP contribution is 2.31. The Morgan fingerprint density at radius 2 is 2.03 bits per heavy atom. The van der Waals surface area contributed by atoms with E-state index < -0.39 is 0 Å². The van der Waals surface area contributed by atoms with Crippen LogP contribution < -0.4 is 10.2 Å². The molecule has 8 nitrogen and oxygen atoms in total. The SMILES string of the molecule is Cc1nnc(N2CCC[C@H](C(=O)NCCc3ccco3)C2)c2nn(-c3ccc(Cl)cc3)c(C)c12. The summed E-state index contributed by atoms with van der Waals surface area (Å²) in [5.74, 6) is 1.55. The number of benzene rings is 1. The Morgan fingerprint density at radius 1 is 1.21 bits per heavy atom. The average Bonchev–Trinajstić information content (AvgIpc) is 3.48. The number of nitrogens with zero attached hydrogens (tertiary/aromatic N) is 5. The lowest BCUT2D eigenvalue weighted by Gasteiger charge is -2.32. The highest BCUT2D eigenvalue weighted by Gasteiger charge is 2.29. The van der Waals surface area contributed by atoms with Crippen molar-refractivity contribution in [3.05, 3.63) is 64.8 Å². The van der Waals surface area contributed by atoms with E-state index in [1.54, 1.807) is 6.26 Å². The Balaban J connectivity index is 1.37. The number of carbonyl (C=O) groups is 1. The number of anilines is 1. The summed E-state index contributed by atoms with van der Waals surface area (Å²) in [6.45, 7) is 5.95. The average molecular weight is 479 g/mol. The minimum atomic E-state index is -0.108. The highest BCUT2D eigenvalue weighted by molar-refractivity contribution is 6.30. The summed E-state index contributed by atoms with van der Waals surface area (Å²) in [7, 11) is 0. The van der Waals surface area contributed by atoms with E-state index >= 15 is 0 Å². The van der Waals surface area contributed by atoms with Crippen LogP contribution in [0.3, 0.4) is 0 Å². The summed E-state index contributed by atoms with van der Waals surface area (Å²) in [6, 6.07) is 11.4. The van der Waals surface area contributed by atoms with E-state index in [2.05, 4.69) is 20.4 Å². The van der Waals surface area contributed by atoms with Gasteiger partial charge in [0, 0.05) is 31.1 Å². The molecule has 5 rings (SSSR count). The lowest BCUT2D eigenvalue weighted by atomic mass is 9.97. The minimum Gasteiger partial charge on any atom is -0.469 e. The fourth-order valence-electron chi connectivity index (χ4n) is 4.65. The van der Waals surface area contributed by atoms with Gasteiger partial charge in [0.05, 0.1) is 34.6 Å². The van der Waals surface area contributed by atoms with E-state index in [9.17, 15) is 4.79 Å². The largest absolute Gasteiger partial charge is 0.469 e. The second-order valence-electron chi connectivity index (χ2n) is 8.71. The number of amides is 1. The minimum absolute atomic E-state index is 0.0652. The fourth-order valence-corrected chi connectivity index (χ4v) is 4.78. The zero-order chi connectivity index (χ0) is 23.7. The Labute approximate surface area is 202 Å². The topological polar surface area (TPSA) is 89.1 Å². The van der Waals surface area contributed by atoms with Crippen LogP contribution in [-0.2, 0) is 11.2 Å². The summed E-state index contributed by atoms with van der Waals surface area (Å²) in [6.07, 6.45) is 4.09. The number of nitrogens with one attached hydrogen (secondary N) is 1. The van der Waals surface area contributed by atoms with Crippen LogP contribution in [0.4, 0.5) is 5.82 Å². The number of aromatic nitrogens is 4. The number of fused-ring (bicyclic) bond motifs is 1. The third kappa shape index (κ3) is 4.37. The number of furan rings is 1. The standard InChI is InChI=1S/C25H27ClN6O2/c1-16-22-17(2)32(20-9-7-19(26)8-10-20)30-23(22)24(29-28-16)31-13-3-5-18(15-31)25(33)27-12-11-21-6-4-14-34-21/h4,6-10,14,18H,3,5,11-13,15H2,1-2H3,(H,27,33)/t18-/m0/s1. The van der Waals surface area contributed by atoms with Crippen molar-refractivity contribution in [3.8, 4) is 5.69 Å². The number of aryl methyl sites for hydroxylation is 2. The van der Waals surface area contributed by atoms with E-state index in [4.69, 9.17) is 21.1 Å². The van der Waals surface area contributed by atoms with Gasteiger partial charge in [-0.2, -0.15) is 10.2 Å². The summed E-state index contributed by atoms with van der Waals surface area (Å²) in [4.78, 5) is 15.0. The maximum Gasteiger partial charge on any atom is 0.224 e. The molecule has 1 fully saturated rings. The second kappa shape index (κ2) is 9.46. The number of rotatable bonds is 6. The smallest absolute Gasteiger partial charge is 0.224 e. The lowest BCUT2D eigenvalue weighted by molar-refractivity contribution is -0.125. The maximum atomic E-state index is 12.9. The zero-order valence-electron chi connectivity index (χ0n) is 19.3. The Bertz CT molecular complexity index is 1300. The van der Waals surface area contributed by atoms with Gasteiger partial charge in [-0.25, -0.2) is 4.68 Å². The van der Waals surface area contributed by atoms with Crippen molar-refractivity contribution in [1.29, 1.82) is 0 Å². The Hall–Kier alpha value is -3.39. The molecular weight excluding hydrogens is 452 g/mol. The van der Waals surface area contributed by atoms with E-state index in [0.29, 0.717) is 24.5 Å². The van der Waals surface area contributed by atoms with Gasteiger partial charge >= 0.3 is 0 Å². The monoisotopic (exact) mass is 478 g/mol. The molecule has 4 heterocycles. The highest BCUT2D eigenvalue weighted by atomic mass is 35.5. The molecule has 0 radical (unpaired) electrons. The zero-order valence-corrected chi connectivity index (χ0v) is 20.0. The fraction of sp³-hybridized carbons (Fsp3) is 0.360. The molecule has 0 aliphatic carbocycles. The van der Waals surface area contributed by atoms with Gasteiger partial charge in [0.2, 0.25) is 5.91 Å². The molecule has 4 aromatic rings. The molecule has 1 aromatic carbocycles. The molecule has 1 atom stereocenters. The van der Waals surface area contributed by atoms with Crippen molar-refractivity contribution in [2.75, 3.05) is 24.5 Å². The second-order valence-corrected chi connectivity index (χ2v) is 9.15. The van der Waals surface area contributed by atoms with Crippen LogP contribution in [0.15, 0.2) is 47.1 Å². The van der Waals surface area contributed by atoms with Crippen LogP contribution in [0.2, 0.25) is 5.02 Å². The quantitative estimate of drug-likeness (QED) is 0.445. The molecule has 0 spiro atoms. The predicted octanol–water partition coefficient (Wildman–Crippen LogP) is 4.25. The normalized spacial score (nSPS) is 16.2. The van der Waals surface area contributed by atoms with E-state index in [0.717, 1.165) is 58.9 Å². The van der Waals surface area contributed by atoms with E-state index in [-0.39, 0.29) is 11.8 Å². The van der Waals surface area contributed by atoms with Gasteiger partial charge in [0.15, 0.2) is 5.82 Å². The molecule has 34 heavy (non-hydrogen) atoms. The van der Waals surface area contributed by atoms with Crippen LogP contribution in [0.5, 0.6) is 0 Å². The molecule has 3 aromatic heterocycles. The van der Waals surface area contributed by atoms with Gasteiger partial charge in [-0.15, -0.1) is 5.10 Å². The molecule has 1 aliphatic rings. The van der Waals surface area contributed by atoms with Crippen LogP contribution in [-0.4, -0.2) is 45.5 Å². The van der Waals surface area contributed by atoms with Crippen LogP contribution in [0, 0.1) is 19.8 Å². The Morgan fingerprint density at radius 3 is 2.79 bits per heavy atom. The summed E-state index contributed by atoms with van der Waals surface area (Å²) in [5, 5.41) is 18.6. The molecule has 9 heteroatoms. The van der Waals surface area contributed by atoms with Crippen LogP contribution in [0.25, 0.3) is 16.6 Å². The van der Waals surface area contributed by atoms with Crippen molar-refractivity contribution >= 4 is 34.2 Å². The van der Waals surface area contributed by atoms with Crippen molar-refractivity contribution in [2.45, 2.75) is 33.1 Å². The predicted molar refractivity (Wildman–Crippen MR) is 132 cm³/mol. The van der Waals surface area contributed by atoms with Crippen molar-refractivity contribution in [2.24, 2.45) is 5.92 Å². The number of hydrogen-bond donors (Lipinski definition) is 1. The number of carbonyl (C=O) groups excluding carboxylic acids is 1. The van der Waals surface area contributed by atoms with Gasteiger partial charge in [0.25, 0.3) is 0 Å². The first-order chi connectivity index (χ1) is 16.5. The van der Waals surface area contributed by atoms with E-state index in [1.807, 2.05) is 54.9 Å². The molecule has 176 valence electrons. The van der Waals surface area contributed by atoms with Gasteiger partial charge in [0.1, 0.15) is 11.3 Å². The summed E-state index contributed by atoms with van der Waals surface area (Å²) in [5.41, 5.74) is 3.56. The lowest BCUT2D eigenvalue weighted by Crippen LogP contribution is -2.44. The molecule has 0 bridgehead atoms. The summed E-state index contributed by atoms with van der Waals surface area (Å²) < 4.78 is 7.25. The molecular formula is C25H27ClN6O2. The van der Waals surface area contributed by atoms with Gasteiger partial charge < -0.3 is 14.6 Å². The number of piperidine rings is 1. The van der Waals surface area contributed by atoms with Gasteiger partial charge in [-0.1, -0.05) is 11.6 Å². The van der Waals surface area contributed by atoms with Crippen LogP contribution >= 0.6 is 11.6 Å². The van der Waals surface area contributed by atoms with Gasteiger partial charge in [-0.05, 0) is 63.1 Å². The molecule has 0 unspecified atom stereocenters. The molecule has 0 saturated carbocycles. The van der Waals surface area contributed by atoms with Gasteiger partial charge in [-0.3, -0.25) is 4.79 Å². The molecule has 1 saturated heterocycles. The third-order valence-corrected chi connectivity index (χ3v) is 6.65. The first-order valence-corrected chi connectivity index (χ1v) is 11.9. The maximum absolute atomic E-state index is 12.9. The summed E-state index contributed by atoms with van der Waals surface area (Å²) >= 11 is 6.07. The molecule has 1 amide bonds. The van der Waals surface area contributed by atoms with E-state index in [1.165, 1.54) is 0 Å². The first kappa shape index (κ1) is 22.4. The van der Waals surface area contributed by atoms with Crippen LogP contribution in [0.1, 0.15) is 30.0 Å². The van der Waals surface area contributed by atoms with Crippen molar-refractivity contribution < 1.29 is 9.21 Å². The molecule has 1 aliphatic heterocycles. The Kier molecular flexibility index (Phi) is 6.24. The first-order valence-electron chi connectivity index (χ1n) is 11.5. The number of hydrogen-bond acceptors (Lipinski definition) is 6. The number of halogens is 1. The van der Waals surface area contributed by atoms with Crippen molar-refractivity contribution in [3.63, 3.8) is 0 Å². The molecule has 1 N–H and O–H groups in total. The third-order valence-electron chi connectivity index (χ3n) is 6.40.